The highest BCUT2D eigenvalue weighted by atomic mass is 35.5. The average molecular weight is 563 g/mol. The largest absolute Gasteiger partial charge is 0.356 e. The lowest BCUT2D eigenvalue weighted by Crippen LogP contribution is -2.54. The number of pyridine rings is 1. The molecule has 39 heavy (non-hydrogen) atoms. The number of rotatable bonds is 6. The van der Waals surface area contributed by atoms with Crippen molar-refractivity contribution >= 4 is 51.8 Å². The Bertz CT molecular complexity index is 1750. The van der Waals surface area contributed by atoms with E-state index in [0.29, 0.717) is 63.3 Å². The highest BCUT2D eigenvalue weighted by Gasteiger charge is 2.30. The van der Waals surface area contributed by atoms with Gasteiger partial charge in [-0.1, -0.05) is 68.9 Å². The SMILES string of the molecule is [2H]C([2H])=Cc1ccccc1-c1nc2c(cc1Cl)c(N1CCN(C(=O)C=C)C[C@@H]1C)nc(=O)n2-c1scnc1C(C)C. The number of fused-ring (bicyclic) bond motifs is 1. The monoisotopic (exact) mass is 562 g/mol. The number of hydrogen-bond acceptors (Lipinski definition) is 7. The Labute approximate surface area is 238 Å². The first-order valence-electron chi connectivity index (χ1n) is 13.6. The second-order valence-corrected chi connectivity index (χ2v) is 10.9. The zero-order chi connectivity index (χ0) is 29.4. The number of benzene rings is 1. The molecule has 0 aliphatic carbocycles. The summed E-state index contributed by atoms with van der Waals surface area (Å²) in [5.74, 6) is 0.365. The van der Waals surface area contributed by atoms with E-state index in [1.807, 2.05) is 43.9 Å². The van der Waals surface area contributed by atoms with Crippen molar-refractivity contribution < 1.29 is 7.54 Å². The van der Waals surface area contributed by atoms with E-state index in [4.69, 9.17) is 19.3 Å². The molecule has 0 bridgehead atoms. The molecule has 1 saturated heterocycles. The summed E-state index contributed by atoms with van der Waals surface area (Å²) in [6.45, 7) is 10.6. The first-order valence-corrected chi connectivity index (χ1v) is 13.9. The Morgan fingerprint density at radius 2 is 2.08 bits per heavy atom. The first kappa shape index (κ1) is 24.2. The van der Waals surface area contributed by atoms with Gasteiger partial charge >= 0.3 is 5.69 Å². The van der Waals surface area contributed by atoms with Gasteiger partial charge in [0.2, 0.25) is 5.91 Å². The topological polar surface area (TPSA) is 84.2 Å². The van der Waals surface area contributed by atoms with Gasteiger partial charge < -0.3 is 9.80 Å². The predicted molar refractivity (Wildman–Crippen MR) is 159 cm³/mol. The Hall–Kier alpha value is -3.82. The Kier molecular flexibility index (Phi) is 6.68. The van der Waals surface area contributed by atoms with E-state index < -0.39 is 5.69 Å². The van der Waals surface area contributed by atoms with Gasteiger partial charge in [-0.25, -0.2) is 19.3 Å². The van der Waals surface area contributed by atoms with Crippen molar-refractivity contribution in [1.29, 1.82) is 0 Å². The lowest BCUT2D eigenvalue weighted by Gasteiger charge is -2.40. The number of anilines is 1. The fraction of sp³-hybridized carbons (Fsp3) is 0.276. The molecule has 1 aliphatic heterocycles. The van der Waals surface area contributed by atoms with Crippen LogP contribution in [-0.2, 0) is 4.79 Å². The minimum Gasteiger partial charge on any atom is -0.350 e. The van der Waals surface area contributed by atoms with Crippen molar-refractivity contribution in [3.05, 3.63) is 81.8 Å². The normalized spacial score (nSPS) is 16.3. The van der Waals surface area contributed by atoms with Crippen LogP contribution in [0.1, 0.15) is 40.7 Å². The van der Waals surface area contributed by atoms with Crippen LogP contribution in [-0.4, -0.2) is 56.0 Å². The maximum absolute atomic E-state index is 13.8. The van der Waals surface area contributed by atoms with Gasteiger partial charge in [0.15, 0.2) is 5.65 Å². The smallest absolute Gasteiger partial charge is 0.350 e. The number of piperazine rings is 1. The number of halogens is 1. The van der Waals surface area contributed by atoms with E-state index in [1.54, 1.807) is 22.5 Å². The third-order valence-corrected chi connectivity index (χ3v) is 8.00. The van der Waals surface area contributed by atoms with Crippen LogP contribution < -0.4 is 10.6 Å². The van der Waals surface area contributed by atoms with Gasteiger partial charge in [0, 0.05) is 31.2 Å². The van der Waals surface area contributed by atoms with Crippen molar-refractivity contribution in [1.82, 2.24) is 24.4 Å². The highest BCUT2D eigenvalue weighted by Crippen LogP contribution is 2.36. The van der Waals surface area contributed by atoms with Gasteiger partial charge in [-0.2, -0.15) is 4.98 Å². The summed E-state index contributed by atoms with van der Waals surface area (Å²) in [6.07, 6.45) is 2.73. The van der Waals surface area contributed by atoms with Crippen molar-refractivity contribution in [2.45, 2.75) is 32.7 Å². The Morgan fingerprint density at radius 3 is 2.79 bits per heavy atom. The van der Waals surface area contributed by atoms with Gasteiger partial charge in [0.1, 0.15) is 10.8 Å². The molecule has 1 fully saturated rings. The maximum Gasteiger partial charge on any atom is 0.356 e. The summed E-state index contributed by atoms with van der Waals surface area (Å²) < 4.78 is 16.8. The van der Waals surface area contributed by atoms with Gasteiger partial charge in [-0.15, -0.1) is 11.3 Å². The molecule has 5 rings (SSSR count). The molecule has 1 aliphatic rings. The van der Waals surface area contributed by atoms with E-state index in [-0.39, 0.29) is 24.4 Å². The minimum atomic E-state index is -0.496. The second-order valence-electron chi connectivity index (χ2n) is 9.70. The number of nitrogens with zero attached hydrogens (tertiary/aromatic N) is 6. The molecule has 0 radical (unpaired) electrons. The van der Waals surface area contributed by atoms with E-state index in [1.165, 1.54) is 28.1 Å². The Balaban J connectivity index is 1.78. The lowest BCUT2D eigenvalue weighted by molar-refractivity contribution is -0.126. The van der Waals surface area contributed by atoms with Gasteiger partial charge in [0.05, 0.1) is 30.0 Å². The van der Waals surface area contributed by atoms with E-state index in [0.717, 1.165) is 5.69 Å². The van der Waals surface area contributed by atoms with Crippen molar-refractivity contribution in [3.63, 3.8) is 0 Å². The first-order chi connectivity index (χ1) is 19.6. The van der Waals surface area contributed by atoms with Crippen LogP contribution in [0.5, 0.6) is 0 Å². The summed E-state index contributed by atoms with van der Waals surface area (Å²) in [5, 5.41) is 1.56. The molecule has 0 spiro atoms. The van der Waals surface area contributed by atoms with Crippen LogP contribution in [0.15, 0.2) is 59.8 Å². The molecule has 4 aromatic rings. The number of aromatic nitrogens is 4. The molecule has 3 aromatic heterocycles. The quantitative estimate of drug-likeness (QED) is 0.287. The molecule has 1 aromatic carbocycles. The van der Waals surface area contributed by atoms with Crippen molar-refractivity contribution in [2.75, 3.05) is 24.5 Å². The summed E-state index contributed by atoms with van der Waals surface area (Å²) in [7, 11) is 0. The fourth-order valence-electron chi connectivity index (χ4n) is 4.95. The molecular weight excluding hydrogens is 532 g/mol. The Morgan fingerprint density at radius 1 is 1.28 bits per heavy atom. The van der Waals surface area contributed by atoms with Crippen LogP contribution in [0, 0.1) is 0 Å². The summed E-state index contributed by atoms with van der Waals surface area (Å²) >= 11 is 8.23. The zero-order valence-corrected chi connectivity index (χ0v) is 23.5. The minimum absolute atomic E-state index is 0.0542. The van der Waals surface area contributed by atoms with E-state index in [9.17, 15) is 9.59 Å². The molecule has 0 saturated carbocycles. The fourth-order valence-corrected chi connectivity index (χ4v) is 6.15. The van der Waals surface area contributed by atoms with Crippen molar-refractivity contribution in [2.24, 2.45) is 0 Å². The zero-order valence-electron chi connectivity index (χ0n) is 23.9. The number of hydrogen-bond donors (Lipinski definition) is 0. The molecule has 1 atom stereocenters. The van der Waals surface area contributed by atoms with Crippen LogP contribution in [0.25, 0.3) is 33.4 Å². The molecule has 0 unspecified atom stereocenters. The summed E-state index contributed by atoms with van der Waals surface area (Å²) in [4.78, 5) is 43.9. The standard InChI is InChI=1S/C29H29ClN6O2S/c1-6-19-10-8-9-11-20(19)25-22(30)14-21-26(35-13-12-34(15-18(35)5)23(37)7-2)33-29(38)36(27(21)32-25)28-24(17(3)4)31-16-39-28/h6-11,14,16-18H,1-2,12-13,15H2,3-5H3/t18-/m0/s1/i1D2. The predicted octanol–water partition coefficient (Wildman–Crippen LogP) is 5.55. The number of amides is 1. The third kappa shape index (κ3) is 4.77. The van der Waals surface area contributed by atoms with Crippen LogP contribution >= 0.6 is 22.9 Å². The van der Waals surface area contributed by atoms with Crippen molar-refractivity contribution in [3.8, 4) is 16.3 Å². The molecule has 1 amide bonds. The van der Waals surface area contributed by atoms with Gasteiger partial charge in [0.25, 0.3) is 0 Å². The average Bonchev–Trinajstić information content (AvgIpc) is 3.42. The summed E-state index contributed by atoms with van der Waals surface area (Å²) in [5.41, 5.74) is 4.00. The molecular formula is C29H29ClN6O2S. The second kappa shape index (κ2) is 10.7. The van der Waals surface area contributed by atoms with Crippen LogP contribution in [0.4, 0.5) is 5.82 Å². The van der Waals surface area contributed by atoms with E-state index >= 15 is 0 Å². The molecule has 200 valence electrons. The molecule has 0 N–H and O–H groups in total. The molecule has 10 heteroatoms. The number of carbonyl (C=O) groups is 1. The van der Waals surface area contributed by atoms with Crippen LogP contribution in [0.2, 0.25) is 5.02 Å². The van der Waals surface area contributed by atoms with Gasteiger partial charge in [-0.05, 0) is 30.5 Å². The molecule has 8 nitrogen and oxygen atoms in total. The van der Waals surface area contributed by atoms with Gasteiger partial charge in [-0.3, -0.25) is 4.79 Å². The van der Waals surface area contributed by atoms with E-state index in [2.05, 4.69) is 16.5 Å². The maximum atomic E-state index is 13.8. The number of thiazole rings is 1. The summed E-state index contributed by atoms with van der Waals surface area (Å²) in [6, 6.07) is 8.89. The van der Waals surface area contributed by atoms with Crippen LogP contribution in [0.3, 0.4) is 0 Å². The highest BCUT2D eigenvalue weighted by molar-refractivity contribution is 7.12. The molecule has 4 heterocycles. The lowest BCUT2D eigenvalue weighted by atomic mass is 10.0. The third-order valence-electron chi connectivity index (χ3n) is 6.88. The number of carbonyl (C=O) groups excluding carboxylic acids is 1.